The normalized spacial score (nSPS) is 24.3. The third-order valence-electron chi connectivity index (χ3n) is 3.56. The van der Waals surface area contributed by atoms with E-state index in [2.05, 4.69) is 57.8 Å². The number of aromatic amines is 1. The average molecular weight is 388 g/mol. The number of ether oxygens (including phenoxy) is 1. The minimum absolute atomic E-state index is 0.0434. The molecule has 10 heteroatoms. The quantitative estimate of drug-likeness (QED) is 0.395. The van der Waals surface area contributed by atoms with E-state index in [1.165, 1.54) is 6.33 Å². The highest BCUT2D eigenvalue weighted by Gasteiger charge is 2.35. The molecular formula is C16H31N6O3P. The molecule has 1 aliphatic heterocycles. The van der Waals surface area contributed by atoms with Crippen molar-refractivity contribution in [3.63, 3.8) is 0 Å². The van der Waals surface area contributed by atoms with E-state index in [0.717, 1.165) is 6.42 Å². The lowest BCUT2D eigenvalue weighted by atomic mass is 10.1. The van der Waals surface area contributed by atoms with Gasteiger partial charge in [0.05, 0.1) is 13.6 Å². The van der Waals surface area contributed by atoms with Crippen LogP contribution in [0.1, 0.15) is 48.8 Å². The molecule has 1 aromatic heterocycles. The Kier molecular flexibility index (Phi) is 10.6. The molecule has 1 aliphatic rings. The van der Waals surface area contributed by atoms with Gasteiger partial charge in [0.1, 0.15) is 6.61 Å². The average Bonchev–Trinajstić information content (AvgIpc) is 3.27. The Labute approximate surface area is 159 Å². The highest BCUT2D eigenvalue weighted by Crippen LogP contribution is 2.48. The summed E-state index contributed by atoms with van der Waals surface area (Å²) in [5, 5.41) is 12.2. The van der Waals surface area contributed by atoms with Crippen LogP contribution >= 0.6 is 8.53 Å². The zero-order chi connectivity index (χ0) is 20.2. The van der Waals surface area contributed by atoms with Crippen LogP contribution in [0.3, 0.4) is 0 Å². The van der Waals surface area contributed by atoms with Gasteiger partial charge in [0.2, 0.25) is 6.54 Å². The van der Waals surface area contributed by atoms with Crippen molar-refractivity contribution in [3.05, 3.63) is 17.7 Å². The van der Waals surface area contributed by atoms with Crippen molar-refractivity contribution < 1.29 is 15.2 Å². The first-order valence-corrected chi connectivity index (χ1v) is 9.99. The molecule has 0 saturated carbocycles. The first kappa shape index (κ1) is 21.1. The molecule has 4 atom stereocenters. The Balaban J connectivity index is 0.000000625. The molecule has 1 aromatic rings. The molecule has 0 radical (unpaired) electrons. The van der Waals surface area contributed by atoms with E-state index in [1.807, 2.05) is 6.92 Å². The predicted octanol–water partition coefficient (Wildman–Crippen LogP) is 3.05. The van der Waals surface area contributed by atoms with Gasteiger partial charge in [0.25, 0.3) is 8.53 Å². The van der Waals surface area contributed by atoms with E-state index < -0.39 is 15.1 Å². The smallest absolute Gasteiger partial charge is 0.259 e. The van der Waals surface area contributed by atoms with Gasteiger partial charge in [-0.1, -0.05) is 12.1 Å². The second kappa shape index (κ2) is 13.1. The molecule has 26 heavy (non-hydrogen) atoms. The van der Waals surface area contributed by atoms with E-state index in [-0.39, 0.29) is 24.3 Å². The lowest BCUT2D eigenvalue weighted by Crippen LogP contribution is -2.35. The highest BCUT2D eigenvalue weighted by molar-refractivity contribution is 7.44. The van der Waals surface area contributed by atoms with Crippen molar-refractivity contribution in [2.45, 2.75) is 71.8 Å². The molecule has 0 aromatic carbocycles. The fraction of sp³-hybridized carbons (Fsp3) is 0.875. The molecule has 1 saturated heterocycles. The van der Waals surface area contributed by atoms with Crippen molar-refractivity contribution in [2.24, 2.45) is 0 Å². The first-order valence-electron chi connectivity index (χ1n) is 9.43. The largest absolute Gasteiger partial charge is 0.375 e. The van der Waals surface area contributed by atoms with Crippen molar-refractivity contribution in [1.82, 2.24) is 25.3 Å². The van der Waals surface area contributed by atoms with E-state index >= 15 is 0 Å². The van der Waals surface area contributed by atoms with E-state index in [4.69, 9.17) is 21.7 Å². The Morgan fingerprint density at radius 2 is 2.19 bits per heavy atom. The molecule has 0 bridgehead atoms. The van der Waals surface area contributed by atoms with Crippen LogP contribution in [0.4, 0.5) is 0 Å². The fourth-order valence-electron chi connectivity index (χ4n) is 2.52. The molecule has 1 fully saturated rings. The number of hydrogen-bond donors (Lipinski definition) is 1. The van der Waals surface area contributed by atoms with Crippen LogP contribution < -0.4 is 0 Å². The van der Waals surface area contributed by atoms with Crippen LogP contribution in [0.2, 0.25) is 0 Å². The third kappa shape index (κ3) is 8.02. The number of hydrogen-bond acceptors (Lipinski definition) is 7. The minimum atomic E-state index is -1.25. The first-order chi connectivity index (χ1) is 12.9. The maximum atomic E-state index is 7.80. The van der Waals surface area contributed by atoms with Crippen LogP contribution in [-0.2, 0) is 13.8 Å². The number of nitrogens with one attached hydrogen (secondary N) is 1. The van der Waals surface area contributed by atoms with Crippen molar-refractivity contribution in [1.29, 1.82) is 0 Å². The standard InChI is InChI=1S/C15H29N2O3P.CH2N4/c1-7-14-15(8-10-18-14)20-21(19-11-9-16-6)17(12(2)3)13(4)5;1-2-4-5-3-1/h12-15H,7-11H2,1-5H3;1H,(H,2,3,4,5)/t14-,15-,21?;/m1./s1/i10T;/t10-,14+,15+,21?;/m0.. The van der Waals surface area contributed by atoms with Crippen LogP contribution in [0.15, 0.2) is 6.33 Å². The molecule has 0 spiro atoms. The van der Waals surface area contributed by atoms with Crippen LogP contribution in [0, 0.1) is 6.57 Å². The summed E-state index contributed by atoms with van der Waals surface area (Å²) in [6, 6.07) is 0.571. The van der Waals surface area contributed by atoms with E-state index in [1.54, 1.807) is 0 Å². The van der Waals surface area contributed by atoms with E-state index in [9.17, 15) is 0 Å². The van der Waals surface area contributed by atoms with Crippen LogP contribution in [0.25, 0.3) is 4.85 Å². The Morgan fingerprint density at radius 1 is 1.46 bits per heavy atom. The third-order valence-corrected chi connectivity index (χ3v) is 5.72. The Hall–Kier alpha value is -1.17. The number of tetrazole rings is 1. The highest BCUT2D eigenvalue weighted by atomic mass is 31.2. The topological polar surface area (TPSA) is 89.8 Å². The van der Waals surface area contributed by atoms with Crippen LogP contribution in [0.5, 0.6) is 0 Å². The lowest BCUT2D eigenvalue weighted by molar-refractivity contribution is 0.0410. The number of aromatic nitrogens is 4. The number of nitrogens with zero attached hydrogens (tertiary/aromatic N) is 5. The summed E-state index contributed by atoms with van der Waals surface area (Å²) in [5.74, 6) is 0. The second-order valence-electron chi connectivity index (χ2n) is 6.21. The van der Waals surface area contributed by atoms with Gasteiger partial charge in [-0.2, -0.15) is 5.21 Å². The number of rotatable bonds is 9. The van der Waals surface area contributed by atoms with Gasteiger partial charge in [0, 0.05) is 18.7 Å². The lowest BCUT2D eigenvalue weighted by Gasteiger charge is -2.37. The maximum absolute atomic E-state index is 7.80. The SMILES string of the molecule is [3H][C@H]1C[C@@H](OP(OCC[N+]#[C-])N(C(C)C)C(C)C)[C@@H](CC)O1.c1nn[nH]n1. The predicted molar refractivity (Wildman–Crippen MR) is 100 cm³/mol. The molecule has 2 rings (SSSR count). The zero-order valence-electron chi connectivity index (χ0n) is 17.2. The van der Waals surface area contributed by atoms with Gasteiger partial charge in [0.15, 0.2) is 6.33 Å². The molecule has 0 amide bonds. The summed E-state index contributed by atoms with van der Waals surface area (Å²) in [5.41, 5.74) is 0. The molecule has 9 nitrogen and oxygen atoms in total. The Morgan fingerprint density at radius 3 is 2.65 bits per heavy atom. The van der Waals surface area contributed by atoms with Crippen LogP contribution in [-0.4, -0.2) is 69.3 Å². The summed E-state index contributed by atoms with van der Waals surface area (Å²) >= 11 is 0. The molecule has 148 valence electrons. The molecule has 0 aliphatic carbocycles. The van der Waals surface area contributed by atoms with E-state index in [0.29, 0.717) is 19.6 Å². The zero-order valence-corrected chi connectivity index (χ0v) is 17.1. The summed E-state index contributed by atoms with van der Waals surface area (Å²) in [4.78, 5) is 3.34. The van der Waals surface area contributed by atoms with Gasteiger partial charge >= 0.3 is 0 Å². The van der Waals surface area contributed by atoms with Crippen molar-refractivity contribution in [3.8, 4) is 0 Å². The van der Waals surface area contributed by atoms with Gasteiger partial charge in [-0.15, -0.1) is 10.2 Å². The fourth-order valence-corrected chi connectivity index (χ4v) is 4.27. The molecule has 1 unspecified atom stereocenters. The monoisotopic (exact) mass is 388 g/mol. The maximum Gasteiger partial charge on any atom is 0.259 e. The van der Waals surface area contributed by atoms with Gasteiger partial charge in [-0.05, 0) is 40.5 Å². The van der Waals surface area contributed by atoms with Crippen molar-refractivity contribution >= 4 is 8.53 Å². The number of H-pyrrole nitrogens is 1. The summed E-state index contributed by atoms with van der Waals surface area (Å²) in [6.07, 6.45) is 2.59. The van der Waals surface area contributed by atoms with Gasteiger partial charge < -0.3 is 18.6 Å². The van der Waals surface area contributed by atoms with Crippen molar-refractivity contribution in [2.75, 3.05) is 19.7 Å². The Bertz CT molecular complexity index is 506. The second-order valence-corrected chi connectivity index (χ2v) is 7.62. The summed E-state index contributed by atoms with van der Waals surface area (Å²) in [6.45, 7) is 17.6. The minimum Gasteiger partial charge on any atom is -0.375 e. The summed E-state index contributed by atoms with van der Waals surface area (Å²) < 4.78 is 27.7. The summed E-state index contributed by atoms with van der Waals surface area (Å²) in [7, 11) is -1.25. The van der Waals surface area contributed by atoms with Gasteiger partial charge in [-0.3, -0.25) is 0 Å². The molecule has 1 N–H and O–H groups in total. The molecular weight excluding hydrogens is 355 g/mol. The molecule has 2 heterocycles. The van der Waals surface area contributed by atoms with Gasteiger partial charge in [-0.25, -0.2) is 11.2 Å².